The Kier molecular flexibility index (Phi) is 2.77. The van der Waals surface area contributed by atoms with E-state index in [2.05, 4.69) is 14.1 Å². The van der Waals surface area contributed by atoms with E-state index in [-0.39, 0.29) is 0 Å². The van der Waals surface area contributed by atoms with Crippen LogP contribution in [-0.2, 0) is 0 Å². The first-order valence-corrected chi connectivity index (χ1v) is 6.38. The van der Waals surface area contributed by atoms with E-state index in [9.17, 15) is 0 Å². The molecule has 0 saturated heterocycles. The molecule has 0 spiro atoms. The quantitative estimate of drug-likeness (QED) is 0.701. The molecular formula is C12H9ClN4S. The highest BCUT2D eigenvalue weighted by Gasteiger charge is 2.10. The molecule has 1 heterocycles. The molecular weight excluding hydrogens is 268 g/mol. The molecule has 0 saturated carbocycles. The highest BCUT2D eigenvalue weighted by molar-refractivity contribution is 7.00. The standard InChI is InChI=1S/C12H9ClN4S/c13-9-4-5-10-12(17-18-16-10)11(9)15-8-3-1-2-7(14)6-8/h1-6,15H,14H2. The topological polar surface area (TPSA) is 63.8 Å². The van der Waals surface area contributed by atoms with Crippen LogP contribution in [0.25, 0.3) is 11.0 Å². The van der Waals surface area contributed by atoms with E-state index in [0.717, 1.165) is 22.4 Å². The highest BCUT2D eigenvalue weighted by Crippen LogP contribution is 2.32. The summed E-state index contributed by atoms with van der Waals surface area (Å²) in [4.78, 5) is 0. The Morgan fingerprint density at radius 2 is 2.06 bits per heavy atom. The molecule has 3 rings (SSSR count). The fourth-order valence-electron chi connectivity index (χ4n) is 1.71. The molecule has 0 radical (unpaired) electrons. The fraction of sp³-hybridized carbons (Fsp3) is 0. The van der Waals surface area contributed by atoms with Crippen LogP contribution in [0.5, 0.6) is 0 Å². The second-order valence-electron chi connectivity index (χ2n) is 3.80. The Balaban J connectivity index is 2.09. The van der Waals surface area contributed by atoms with Gasteiger partial charge in [-0.15, -0.1) is 0 Å². The zero-order valence-corrected chi connectivity index (χ0v) is 10.8. The van der Waals surface area contributed by atoms with Crippen molar-refractivity contribution in [2.45, 2.75) is 0 Å². The SMILES string of the molecule is Nc1cccc(Nc2c(Cl)ccc3nsnc23)c1. The molecule has 3 N–H and O–H groups in total. The van der Waals surface area contributed by atoms with Gasteiger partial charge in [-0.05, 0) is 30.3 Å². The number of nitrogens with zero attached hydrogens (tertiary/aromatic N) is 2. The average molecular weight is 277 g/mol. The maximum Gasteiger partial charge on any atom is 0.129 e. The summed E-state index contributed by atoms with van der Waals surface area (Å²) in [7, 11) is 0. The van der Waals surface area contributed by atoms with E-state index >= 15 is 0 Å². The molecule has 0 bridgehead atoms. The molecule has 0 aliphatic carbocycles. The largest absolute Gasteiger partial charge is 0.399 e. The lowest BCUT2D eigenvalue weighted by molar-refractivity contribution is 1.54. The van der Waals surface area contributed by atoms with Crippen molar-refractivity contribution in [1.29, 1.82) is 0 Å². The molecule has 6 heteroatoms. The minimum Gasteiger partial charge on any atom is -0.399 e. The Bertz CT molecular complexity index is 710. The number of anilines is 3. The molecule has 18 heavy (non-hydrogen) atoms. The van der Waals surface area contributed by atoms with Crippen molar-refractivity contribution in [1.82, 2.24) is 8.75 Å². The van der Waals surface area contributed by atoms with Crippen LogP contribution < -0.4 is 11.1 Å². The lowest BCUT2D eigenvalue weighted by atomic mass is 10.2. The van der Waals surface area contributed by atoms with Crippen LogP contribution >= 0.6 is 23.3 Å². The first-order valence-electron chi connectivity index (χ1n) is 5.27. The number of nitrogen functional groups attached to an aromatic ring is 1. The molecule has 3 aromatic rings. The van der Waals surface area contributed by atoms with Crippen molar-refractivity contribution in [3.05, 3.63) is 41.4 Å². The van der Waals surface area contributed by atoms with E-state index in [1.807, 2.05) is 30.3 Å². The van der Waals surface area contributed by atoms with Gasteiger partial charge >= 0.3 is 0 Å². The molecule has 0 atom stereocenters. The van der Waals surface area contributed by atoms with Crippen LogP contribution in [0.1, 0.15) is 0 Å². The average Bonchev–Trinajstić information content (AvgIpc) is 2.81. The van der Waals surface area contributed by atoms with Gasteiger partial charge in [0.15, 0.2) is 0 Å². The first kappa shape index (κ1) is 11.3. The summed E-state index contributed by atoms with van der Waals surface area (Å²) >= 11 is 7.36. The van der Waals surface area contributed by atoms with Gasteiger partial charge in [-0.2, -0.15) is 8.75 Å². The Hall–Kier alpha value is -1.85. The molecule has 90 valence electrons. The molecule has 0 unspecified atom stereocenters. The minimum absolute atomic E-state index is 0.609. The summed E-state index contributed by atoms with van der Waals surface area (Å²) in [5.74, 6) is 0. The second-order valence-corrected chi connectivity index (χ2v) is 4.74. The number of benzene rings is 2. The third kappa shape index (κ3) is 1.98. The van der Waals surface area contributed by atoms with Crippen molar-refractivity contribution in [3.63, 3.8) is 0 Å². The number of nitrogens with one attached hydrogen (secondary N) is 1. The monoisotopic (exact) mass is 276 g/mol. The number of hydrogen-bond acceptors (Lipinski definition) is 5. The summed E-state index contributed by atoms with van der Waals surface area (Å²) in [6, 6.07) is 11.1. The van der Waals surface area contributed by atoms with Crippen molar-refractivity contribution < 1.29 is 0 Å². The number of hydrogen-bond donors (Lipinski definition) is 2. The van der Waals surface area contributed by atoms with Crippen LogP contribution in [-0.4, -0.2) is 8.75 Å². The third-order valence-corrected chi connectivity index (χ3v) is 3.39. The smallest absolute Gasteiger partial charge is 0.129 e. The van der Waals surface area contributed by atoms with E-state index in [1.54, 1.807) is 6.07 Å². The van der Waals surface area contributed by atoms with Crippen LogP contribution in [0, 0.1) is 0 Å². The van der Waals surface area contributed by atoms with Crippen molar-refractivity contribution >= 4 is 51.4 Å². The number of rotatable bonds is 2. The molecule has 0 aliphatic rings. The number of fused-ring (bicyclic) bond motifs is 1. The van der Waals surface area contributed by atoms with Gasteiger partial charge in [0.2, 0.25) is 0 Å². The zero-order valence-electron chi connectivity index (χ0n) is 9.22. The highest BCUT2D eigenvalue weighted by atomic mass is 35.5. The second kappa shape index (κ2) is 4.44. The molecule has 4 nitrogen and oxygen atoms in total. The van der Waals surface area contributed by atoms with Crippen LogP contribution in [0.3, 0.4) is 0 Å². The Morgan fingerprint density at radius 1 is 1.17 bits per heavy atom. The molecule has 2 aromatic carbocycles. The van der Waals surface area contributed by atoms with Crippen LogP contribution in [0.15, 0.2) is 36.4 Å². The fourth-order valence-corrected chi connectivity index (χ4v) is 2.45. The molecule has 0 amide bonds. The zero-order chi connectivity index (χ0) is 12.5. The summed E-state index contributed by atoms with van der Waals surface area (Å²) in [5, 5.41) is 3.84. The van der Waals surface area contributed by atoms with Crippen molar-refractivity contribution in [2.75, 3.05) is 11.1 Å². The number of halogens is 1. The van der Waals surface area contributed by atoms with Gasteiger partial charge in [-0.3, -0.25) is 0 Å². The number of aromatic nitrogens is 2. The van der Waals surface area contributed by atoms with Gasteiger partial charge in [-0.25, -0.2) is 0 Å². The maximum absolute atomic E-state index is 6.19. The number of nitrogens with two attached hydrogens (primary N) is 1. The van der Waals surface area contributed by atoms with Crippen molar-refractivity contribution in [2.24, 2.45) is 0 Å². The van der Waals surface area contributed by atoms with E-state index in [1.165, 1.54) is 11.7 Å². The van der Waals surface area contributed by atoms with Gasteiger partial charge < -0.3 is 11.1 Å². The van der Waals surface area contributed by atoms with E-state index < -0.39 is 0 Å². The molecule has 0 fully saturated rings. The van der Waals surface area contributed by atoms with Gasteiger partial charge in [0.05, 0.1) is 22.4 Å². The van der Waals surface area contributed by atoms with Gasteiger partial charge in [0.25, 0.3) is 0 Å². The summed E-state index contributed by atoms with van der Waals surface area (Å²) in [6.07, 6.45) is 0. The van der Waals surface area contributed by atoms with E-state index in [4.69, 9.17) is 17.3 Å². The summed E-state index contributed by atoms with van der Waals surface area (Å²) < 4.78 is 8.44. The lowest BCUT2D eigenvalue weighted by Crippen LogP contribution is -1.94. The van der Waals surface area contributed by atoms with Crippen LogP contribution in [0.2, 0.25) is 5.02 Å². The molecule has 1 aromatic heterocycles. The van der Waals surface area contributed by atoms with Crippen LogP contribution in [0.4, 0.5) is 17.1 Å². The molecule has 0 aliphatic heterocycles. The lowest BCUT2D eigenvalue weighted by Gasteiger charge is -2.09. The summed E-state index contributed by atoms with van der Waals surface area (Å²) in [5.41, 5.74) is 9.67. The van der Waals surface area contributed by atoms with Gasteiger partial charge in [0, 0.05) is 11.4 Å². The van der Waals surface area contributed by atoms with Gasteiger partial charge in [-0.1, -0.05) is 17.7 Å². The van der Waals surface area contributed by atoms with E-state index in [0.29, 0.717) is 10.7 Å². The Labute approximate surface area is 113 Å². The third-order valence-electron chi connectivity index (χ3n) is 2.53. The van der Waals surface area contributed by atoms with Gasteiger partial charge in [0.1, 0.15) is 11.0 Å². The summed E-state index contributed by atoms with van der Waals surface area (Å²) in [6.45, 7) is 0. The predicted octanol–water partition coefficient (Wildman–Crippen LogP) is 3.67. The Morgan fingerprint density at radius 3 is 2.89 bits per heavy atom. The normalized spacial score (nSPS) is 10.7. The minimum atomic E-state index is 0.609. The van der Waals surface area contributed by atoms with Crippen molar-refractivity contribution in [3.8, 4) is 0 Å². The predicted molar refractivity (Wildman–Crippen MR) is 76.6 cm³/mol. The maximum atomic E-state index is 6.19. The first-order chi connectivity index (χ1) is 8.74.